The zero-order valence-corrected chi connectivity index (χ0v) is 7.19. The molecular formula is C7H10N2O4. The molecule has 0 amide bonds. The number of nitrogens with zero attached hydrogens (tertiary/aromatic N) is 2. The number of carbonyl (C=O) groups excluding carboxylic acids is 1. The molecule has 0 aromatic carbocycles. The molecule has 0 fully saturated rings. The fraction of sp³-hybridized carbons (Fsp3) is 0.571. The second-order valence-corrected chi connectivity index (χ2v) is 1.89. The quantitative estimate of drug-likeness (QED) is 0.213. The molecule has 0 heterocycles. The molecular weight excluding hydrogens is 176 g/mol. The van der Waals surface area contributed by atoms with E-state index in [1.54, 1.807) is 6.92 Å². The molecule has 0 bridgehead atoms. The van der Waals surface area contributed by atoms with Crippen molar-refractivity contribution < 1.29 is 19.5 Å². The van der Waals surface area contributed by atoms with Gasteiger partial charge in [0.1, 0.15) is 12.7 Å². The maximum Gasteiger partial charge on any atom is 0.371 e. The molecule has 0 radical (unpaired) electrons. The summed E-state index contributed by atoms with van der Waals surface area (Å²) < 4.78 is 9.38. The first kappa shape index (κ1) is 11.4. The van der Waals surface area contributed by atoms with Gasteiger partial charge in [0.2, 0.25) is 0 Å². The molecule has 6 nitrogen and oxygen atoms in total. The molecule has 0 saturated carbocycles. The second-order valence-electron chi connectivity index (χ2n) is 1.89. The van der Waals surface area contributed by atoms with Crippen molar-refractivity contribution in [3.05, 3.63) is 0 Å². The number of ether oxygens (including phenoxy) is 2. The Kier molecular flexibility index (Phi) is 6.19. The van der Waals surface area contributed by atoms with Gasteiger partial charge in [-0.3, -0.25) is 0 Å². The molecule has 0 aliphatic heterocycles. The van der Waals surface area contributed by atoms with Crippen LogP contribution in [-0.4, -0.2) is 36.7 Å². The number of nitriles is 1. The lowest BCUT2D eigenvalue weighted by Gasteiger charge is -2.01. The third kappa shape index (κ3) is 4.76. The van der Waals surface area contributed by atoms with Gasteiger partial charge in [-0.05, 0) is 6.92 Å². The Bertz CT molecular complexity index is 231. The Morgan fingerprint density at radius 2 is 2.31 bits per heavy atom. The molecule has 72 valence electrons. The van der Waals surface area contributed by atoms with Crippen molar-refractivity contribution in [3.63, 3.8) is 0 Å². The highest BCUT2D eigenvalue weighted by Crippen LogP contribution is 1.84. The molecule has 0 aliphatic rings. The van der Waals surface area contributed by atoms with Gasteiger partial charge in [0, 0.05) is 6.61 Å². The summed E-state index contributed by atoms with van der Waals surface area (Å²) in [6.45, 7) is 2.62. The first-order valence-electron chi connectivity index (χ1n) is 3.63. The van der Waals surface area contributed by atoms with Gasteiger partial charge in [-0.25, -0.2) is 4.79 Å². The third-order valence-electron chi connectivity index (χ3n) is 1.06. The van der Waals surface area contributed by atoms with Gasteiger partial charge in [-0.1, -0.05) is 5.16 Å². The SMILES string of the molecule is CCOCCOC(=O)C(C#N)=NO. The minimum absolute atomic E-state index is 0.0351. The van der Waals surface area contributed by atoms with Crippen LogP contribution in [-0.2, 0) is 14.3 Å². The van der Waals surface area contributed by atoms with E-state index in [0.717, 1.165) is 0 Å². The van der Waals surface area contributed by atoms with E-state index in [1.165, 1.54) is 6.07 Å². The van der Waals surface area contributed by atoms with Crippen LogP contribution >= 0.6 is 0 Å². The van der Waals surface area contributed by atoms with E-state index in [4.69, 9.17) is 15.2 Å². The van der Waals surface area contributed by atoms with Crippen LogP contribution in [0, 0.1) is 11.3 Å². The van der Waals surface area contributed by atoms with Crippen molar-refractivity contribution in [2.45, 2.75) is 6.92 Å². The molecule has 0 spiro atoms. The van der Waals surface area contributed by atoms with Crippen LogP contribution in [0.15, 0.2) is 5.16 Å². The van der Waals surface area contributed by atoms with Crippen LogP contribution in [0.5, 0.6) is 0 Å². The normalized spacial score (nSPS) is 10.6. The number of rotatable bonds is 5. The number of oxime groups is 1. The zero-order chi connectivity index (χ0) is 10.1. The van der Waals surface area contributed by atoms with Crippen LogP contribution in [0.4, 0.5) is 0 Å². The van der Waals surface area contributed by atoms with Gasteiger partial charge in [0.15, 0.2) is 0 Å². The van der Waals surface area contributed by atoms with Crippen molar-refractivity contribution in [3.8, 4) is 6.07 Å². The predicted molar refractivity (Wildman–Crippen MR) is 42.3 cm³/mol. The largest absolute Gasteiger partial charge is 0.458 e. The van der Waals surface area contributed by atoms with Crippen LogP contribution in [0.3, 0.4) is 0 Å². The van der Waals surface area contributed by atoms with Crippen molar-refractivity contribution in [2.75, 3.05) is 19.8 Å². The van der Waals surface area contributed by atoms with Crippen molar-refractivity contribution in [1.29, 1.82) is 5.26 Å². The van der Waals surface area contributed by atoms with Crippen LogP contribution in [0.1, 0.15) is 6.92 Å². The number of carbonyl (C=O) groups is 1. The molecule has 0 unspecified atom stereocenters. The Morgan fingerprint density at radius 1 is 1.62 bits per heavy atom. The number of hydrogen-bond donors (Lipinski definition) is 1. The summed E-state index contributed by atoms with van der Waals surface area (Å²) in [4.78, 5) is 10.8. The summed E-state index contributed by atoms with van der Waals surface area (Å²) >= 11 is 0. The van der Waals surface area contributed by atoms with Gasteiger partial charge in [0.25, 0.3) is 5.71 Å². The Balaban J connectivity index is 3.70. The first-order chi connectivity index (χ1) is 6.26. The lowest BCUT2D eigenvalue weighted by Crippen LogP contribution is -2.18. The standard InChI is InChI=1S/C7H10N2O4/c1-2-12-3-4-13-7(10)6(5-8)9-11/h11H,2-4H2,1H3. The Morgan fingerprint density at radius 3 is 2.77 bits per heavy atom. The van der Waals surface area contributed by atoms with Gasteiger partial charge < -0.3 is 14.7 Å². The van der Waals surface area contributed by atoms with Crippen molar-refractivity contribution >= 4 is 11.7 Å². The minimum atomic E-state index is -0.954. The molecule has 0 aliphatic carbocycles. The van der Waals surface area contributed by atoms with E-state index in [0.29, 0.717) is 6.61 Å². The highest BCUT2D eigenvalue weighted by Gasteiger charge is 2.12. The average molecular weight is 186 g/mol. The van der Waals surface area contributed by atoms with E-state index in [2.05, 4.69) is 9.89 Å². The highest BCUT2D eigenvalue weighted by molar-refractivity contribution is 6.42. The number of esters is 1. The van der Waals surface area contributed by atoms with Crippen LogP contribution in [0.25, 0.3) is 0 Å². The maximum atomic E-state index is 10.8. The summed E-state index contributed by atoms with van der Waals surface area (Å²) in [7, 11) is 0. The lowest BCUT2D eigenvalue weighted by atomic mass is 10.4. The lowest BCUT2D eigenvalue weighted by molar-refractivity contribution is -0.137. The monoisotopic (exact) mass is 186 g/mol. The van der Waals surface area contributed by atoms with E-state index >= 15 is 0 Å². The Hall–Kier alpha value is -1.61. The van der Waals surface area contributed by atoms with Gasteiger partial charge in [-0.15, -0.1) is 0 Å². The molecule has 0 rings (SSSR count). The van der Waals surface area contributed by atoms with Gasteiger partial charge in [0.05, 0.1) is 6.61 Å². The molecule has 1 N–H and O–H groups in total. The summed E-state index contributed by atoms with van der Waals surface area (Å²) in [6, 6.07) is 1.38. The van der Waals surface area contributed by atoms with E-state index in [1.807, 2.05) is 0 Å². The predicted octanol–water partition coefficient (Wildman–Crippen LogP) is -0.0801. The Labute approximate surface area is 75.4 Å². The second kappa shape index (κ2) is 7.06. The number of hydrogen-bond acceptors (Lipinski definition) is 6. The minimum Gasteiger partial charge on any atom is -0.458 e. The fourth-order valence-electron chi connectivity index (χ4n) is 0.515. The highest BCUT2D eigenvalue weighted by atomic mass is 16.6. The van der Waals surface area contributed by atoms with E-state index in [9.17, 15) is 4.79 Å². The van der Waals surface area contributed by atoms with Crippen molar-refractivity contribution in [2.24, 2.45) is 5.16 Å². The zero-order valence-electron chi connectivity index (χ0n) is 7.19. The van der Waals surface area contributed by atoms with Crippen molar-refractivity contribution in [1.82, 2.24) is 0 Å². The molecule has 6 heteroatoms. The summed E-state index contributed by atoms with van der Waals surface area (Å²) in [5.74, 6) is -0.954. The van der Waals surface area contributed by atoms with Crippen LogP contribution in [0.2, 0.25) is 0 Å². The summed E-state index contributed by atoms with van der Waals surface area (Å²) in [6.07, 6.45) is 0. The maximum absolute atomic E-state index is 10.8. The molecule has 13 heavy (non-hydrogen) atoms. The van der Waals surface area contributed by atoms with E-state index in [-0.39, 0.29) is 13.2 Å². The summed E-state index contributed by atoms with van der Waals surface area (Å²) in [5, 5.41) is 18.8. The third-order valence-corrected chi connectivity index (χ3v) is 1.06. The van der Waals surface area contributed by atoms with Crippen LogP contribution < -0.4 is 0 Å². The molecule has 0 aromatic heterocycles. The molecule has 0 aromatic rings. The van der Waals surface area contributed by atoms with E-state index < -0.39 is 11.7 Å². The van der Waals surface area contributed by atoms with Gasteiger partial charge in [-0.2, -0.15) is 5.26 Å². The van der Waals surface area contributed by atoms with Gasteiger partial charge >= 0.3 is 5.97 Å². The smallest absolute Gasteiger partial charge is 0.371 e. The molecule has 0 saturated heterocycles. The summed E-state index contributed by atoms with van der Waals surface area (Å²) in [5.41, 5.74) is -0.670. The average Bonchev–Trinajstić information content (AvgIpc) is 2.14. The first-order valence-corrected chi connectivity index (χ1v) is 3.63. The fourth-order valence-corrected chi connectivity index (χ4v) is 0.515. The topological polar surface area (TPSA) is 91.9 Å². The molecule has 0 atom stereocenters.